The number of nitrogens with zero attached hydrogens (tertiary/aromatic N) is 5. The van der Waals surface area contributed by atoms with Gasteiger partial charge in [0.1, 0.15) is 18.0 Å². The smallest absolute Gasteiger partial charge is 0.191 e. The molecule has 154 valence electrons. The predicted octanol–water partition coefficient (Wildman–Crippen LogP) is 2.17. The van der Waals surface area contributed by atoms with Crippen molar-refractivity contribution >= 4 is 29.9 Å². The van der Waals surface area contributed by atoms with Crippen molar-refractivity contribution < 1.29 is 4.39 Å². The summed E-state index contributed by atoms with van der Waals surface area (Å²) in [5.41, 5.74) is 1.68. The van der Waals surface area contributed by atoms with E-state index in [1.54, 1.807) is 12.4 Å². The van der Waals surface area contributed by atoms with Crippen LogP contribution < -0.4 is 10.6 Å². The largest absolute Gasteiger partial charge is 0.357 e. The van der Waals surface area contributed by atoms with Crippen LogP contribution in [-0.2, 0) is 26.1 Å². The number of benzene rings is 1. The second-order valence-corrected chi connectivity index (χ2v) is 7.10. The molecule has 0 bridgehead atoms. The number of fused-ring (bicyclic) bond motifs is 1. The molecule has 0 aliphatic carbocycles. The molecule has 0 radical (unpaired) electrons. The maximum atomic E-state index is 14.0. The standard InChI is InChI=1S/C19H28FN7.HI/c1-4-21-19(25-16-6-8-18-23-13-24-27(18)12-16)22-10-14-5-7-17(20)15(9-14)11-26(2)3;/h5,7,9,13,16H,4,6,8,10-12H2,1-3H3,(H2,21,22,25);1H. The molecule has 9 heteroatoms. The van der Waals surface area contributed by atoms with Crippen LogP contribution in [0, 0.1) is 5.82 Å². The summed E-state index contributed by atoms with van der Waals surface area (Å²) in [6.45, 7) is 4.67. The molecule has 28 heavy (non-hydrogen) atoms. The summed E-state index contributed by atoms with van der Waals surface area (Å²) in [6.07, 6.45) is 3.51. The van der Waals surface area contributed by atoms with Gasteiger partial charge in [-0.3, -0.25) is 0 Å². The number of halogens is 2. The molecule has 2 aromatic rings. The fourth-order valence-electron chi connectivity index (χ4n) is 3.23. The van der Waals surface area contributed by atoms with Gasteiger partial charge in [0.2, 0.25) is 0 Å². The summed E-state index contributed by atoms with van der Waals surface area (Å²) < 4.78 is 15.9. The van der Waals surface area contributed by atoms with E-state index in [1.165, 1.54) is 6.07 Å². The van der Waals surface area contributed by atoms with E-state index in [4.69, 9.17) is 0 Å². The quantitative estimate of drug-likeness (QED) is 0.361. The first-order valence-corrected chi connectivity index (χ1v) is 9.38. The van der Waals surface area contributed by atoms with E-state index in [9.17, 15) is 4.39 Å². The number of hydrogen-bond acceptors (Lipinski definition) is 4. The van der Waals surface area contributed by atoms with E-state index in [1.807, 2.05) is 36.7 Å². The van der Waals surface area contributed by atoms with Crippen molar-refractivity contribution in [2.24, 2.45) is 4.99 Å². The van der Waals surface area contributed by atoms with Gasteiger partial charge in [0.15, 0.2) is 5.96 Å². The minimum Gasteiger partial charge on any atom is -0.357 e. The van der Waals surface area contributed by atoms with E-state index in [0.717, 1.165) is 43.3 Å². The van der Waals surface area contributed by atoms with Crippen molar-refractivity contribution in [2.75, 3.05) is 20.6 Å². The van der Waals surface area contributed by atoms with Crippen LogP contribution in [0.3, 0.4) is 0 Å². The molecule has 0 fully saturated rings. The number of rotatable bonds is 6. The maximum Gasteiger partial charge on any atom is 0.191 e. The molecule has 1 unspecified atom stereocenters. The highest BCUT2D eigenvalue weighted by molar-refractivity contribution is 14.0. The molecular weight excluding hydrogens is 472 g/mol. The van der Waals surface area contributed by atoms with E-state index < -0.39 is 0 Å². The molecule has 1 aliphatic rings. The van der Waals surface area contributed by atoms with Crippen LogP contribution in [-0.4, -0.2) is 52.3 Å². The van der Waals surface area contributed by atoms with Crippen LogP contribution in [0.2, 0.25) is 0 Å². The van der Waals surface area contributed by atoms with Gasteiger partial charge in [-0.1, -0.05) is 6.07 Å². The second-order valence-electron chi connectivity index (χ2n) is 7.10. The van der Waals surface area contributed by atoms with E-state index in [0.29, 0.717) is 18.7 Å². The summed E-state index contributed by atoms with van der Waals surface area (Å²) in [6, 6.07) is 5.47. The molecule has 2 N–H and O–H groups in total. The van der Waals surface area contributed by atoms with Gasteiger partial charge in [0.05, 0.1) is 13.1 Å². The van der Waals surface area contributed by atoms with Crippen LogP contribution in [0.1, 0.15) is 30.3 Å². The topological polar surface area (TPSA) is 70.4 Å². The molecule has 3 rings (SSSR count). The van der Waals surface area contributed by atoms with Crippen LogP contribution in [0.15, 0.2) is 29.5 Å². The highest BCUT2D eigenvalue weighted by Crippen LogP contribution is 2.14. The van der Waals surface area contributed by atoms with Crippen molar-refractivity contribution in [1.29, 1.82) is 0 Å². The lowest BCUT2D eigenvalue weighted by Crippen LogP contribution is -2.47. The third kappa shape index (κ3) is 6.13. The summed E-state index contributed by atoms with van der Waals surface area (Å²) in [4.78, 5) is 10.9. The number of aryl methyl sites for hydroxylation is 1. The molecule has 0 saturated carbocycles. The predicted molar refractivity (Wildman–Crippen MR) is 119 cm³/mol. The lowest BCUT2D eigenvalue weighted by atomic mass is 10.1. The normalized spacial score (nSPS) is 16.5. The van der Waals surface area contributed by atoms with Gasteiger partial charge in [-0.05, 0) is 45.1 Å². The molecule has 2 heterocycles. The molecule has 1 aliphatic heterocycles. The summed E-state index contributed by atoms with van der Waals surface area (Å²) >= 11 is 0. The molecular formula is C19H29FIN7. The van der Waals surface area contributed by atoms with Gasteiger partial charge in [0.25, 0.3) is 0 Å². The van der Waals surface area contributed by atoms with Gasteiger partial charge in [-0.15, -0.1) is 24.0 Å². The van der Waals surface area contributed by atoms with E-state index >= 15 is 0 Å². The number of aliphatic imine (C=N–C) groups is 1. The Bertz CT molecular complexity index is 790. The van der Waals surface area contributed by atoms with Crippen LogP contribution >= 0.6 is 24.0 Å². The Kier molecular flexibility index (Phi) is 8.61. The third-order valence-electron chi connectivity index (χ3n) is 4.51. The van der Waals surface area contributed by atoms with Gasteiger partial charge >= 0.3 is 0 Å². The fraction of sp³-hybridized carbons (Fsp3) is 0.526. The number of nitrogens with one attached hydrogen (secondary N) is 2. The van der Waals surface area contributed by atoms with Gasteiger partial charge in [0, 0.05) is 31.1 Å². The summed E-state index contributed by atoms with van der Waals surface area (Å²) in [5, 5.41) is 11.0. The number of hydrogen-bond donors (Lipinski definition) is 2. The van der Waals surface area contributed by atoms with Crippen molar-refractivity contribution in [3.05, 3.63) is 47.3 Å². The van der Waals surface area contributed by atoms with Gasteiger partial charge in [-0.2, -0.15) is 5.10 Å². The Labute approximate surface area is 182 Å². The van der Waals surface area contributed by atoms with Crippen molar-refractivity contribution in [3.8, 4) is 0 Å². The highest BCUT2D eigenvalue weighted by atomic mass is 127. The average molecular weight is 501 g/mol. The maximum absolute atomic E-state index is 14.0. The Morgan fingerprint density at radius 2 is 2.21 bits per heavy atom. The average Bonchev–Trinajstić information content (AvgIpc) is 3.09. The van der Waals surface area contributed by atoms with Crippen molar-refractivity contribution in [2.45, 2.75) is 45.4 Å². The molecule has 0 saturated heterocycles. The van der Waals surface area contributed by atoms with Gasteiger partial charge in [-0.25, -0.2) is 19.0 Å². The first-order valence-electron chi connectivity index (χ1n) is 9.38. The Balaban J connectivity index is 0.00000280. The third-order valence-corrected chi connectivity index (χ3v) is 4.51. The summed E-state index contributed by atoms with van der Waals surface area (Å²) in [5.74, 6) is 1.63. The van der Waals surface area contributed by atoms with E-state index in [-0.39, 0.29) is 35.8 Å². The lowest BCUT2D eigenvalue weighted by molar-refractivity contribution is 0.392. The van der Waals surface area contributed by atoms with Gasteiger partial charge < -0.3 is 15.5 Å². The second kappa shape index (κ2) is 10.7. The fourth-order valence-corrected chi connectivity index (χ4v) is 3.23. The molecule has 1 aromatic heterocycles. The van der Waals surface area contributed by atoms with Crippen LogP contribution in [0.4, 0.5) is 4.39 Å². The molecule has 0 spiro atoms. The Hall–Kier alpha value is -1.75. The van der Waals surface area contributed by atoms with Crippen LogP contribution in [0.5, 0.6) is 0 Å². The monoisotopic (exact) mass is 501 g/mol. The zero-order chi connectivity index (χ0) is 19.2. The van der Waals surface area contributed by atoms with Crippen molar-refractivity contribution in [3.63, 3.8) is 0 Å². The molecule has 1 atom stereocenters. The molecule has 0 amide bonds. The SMILES string of the molecule is CCNC(=NCc1ccc(F)c(CN(C)C)c1)NC1CCc2ncnn2C1.I. The minimum absolute atomic E-state index is 0. The Morgan fingerprint density at radius 1 is 1.39 bits per heavy atom. The first-order chi connectivity index (χ1) is 13.0. The Morgan fingerprint density at radius 3 is 2.96 bits per heavy atom. The summed E-state index contributed by atoms with van der Waals surface area (Å²) in [7, 11) is 3.87. The minimum atomic E-state index is -0.174. The first kappa shape index (κ1) is 22.5. The van der Waals surface area contributed by atoms with Crippen molar-refractivity contribution in [1.82, 2.24) is 30.3 Å². The van der Waals surface area contributed by atoms with E-state index in [2.05, 4.69) is 25.7 Å². The number of guanidine groups is 1. The lowest BCUT2D eigenvalue weighted by Gasteiger charge is -2.25. The molecule has 1 aromatic carbocycles. The number of aromatic nitrogens is 3. The highest BCUT2D eigenvalue weighted by Gasteiger charge is 2.20. The van der Waals surface area contributed by atoms with Crippen LogP contribution in [0.25, 0.3) is 0 Å². The zero-order valence-corrected chi connectivity index (χ0v) is 19.0. The zero-order valence-electron chi connectivity index (χ0n) is 16.7. The molecule has 7 nitrogen and oxygen atoms in total.